The Hall–Kier alpha value is -0.570. The zero-order valence-electron chi connectivity index (χ0n) is 8.42. The molecule has 0 aromatic rings. The highest BCUT2D eigenvalue weighted by molar-refractivity contribution is 5.73. The fraction of sp³-hybridized carbons (Fsp3) is 0.900. The zero-order valence-corrected chi connectivity index (χ0v) is 8.42. The molecule has 2 rings (SSSR count). The van der Waals surface area contributed by atoms with E-state index in [9.17, 15) is 4.79 Å². The molecule has 2 aliphatic rings. The molecule has 74 valence electrons. The topological polar surface area (TPSA) is 32.3 Å². The van der Waals surface area contributed by atoms with E-state index >= 15 is 0 Å². The minimum Gasteiger partial charge on any atom is -0.343 e. The highest BCUT2D eigenvalue weighted by Crippen LogP contribution is 2.29. The molecule has 2 heterocycles. The van der Waals surface area contributed by atoms with Crippen LogP contribution in [0.5, 0.6) is 0 Å². The minimum absolute atomic E-state index is 0.200. The number of hydrogen-bond acceptors (Lipinski definition) is 2. The summed E-state index contributed by atoms with van der Waals surface area (Å²) in [5.74, 6) is 0.200. The maximum Gasteiger partial charge on any atom is 0.219 e. The van der Waals surface area contributed by atoms with Gasteiger partial charge in [-0.2, -0.15) is 0 Å². The molecule has 2 fully saturated rings. The van der Waals surface area contributed by atoms with Gasteiger partial charge < -0.3 is 10.2 Å². The van der Waals surface area contributed by atoms with Crippen LogP contribution in [-0.4, -0.2) is 36.0 Å². The van der Waals surface area contributed by atoms with Gasteiger partial charge in [-0.15, -0.1) is 0 Å². The summed E-state index contributed by atoms with van der Waals surface area (Å²) < 4.78 is 0. The summed E-state index contributed by atoms with van der Waals surface area (Å²) in [5.41, 5.74) is 0. The highest BCUT2D eigenvalue weighted by Gasteiger charge is 2.35. The first-order chi connectivity index (χ1) is 6.16. The lowest BCUT2D eigenvalue weighted by Gasteiger charge is -2.35. The first kappa shape index (κ1) is 9.00. The largest absolute Gasteiger partial charge is 0.343 e. The molecule has 2 bridgehead atoms. The molecule has 2 atom stereocenters. The maximum atomic E-state index is 11.2. The number of fused-ring (bicyclic) bond motifs is 2. The molecular formula is C10H18N2O. The number of piperidine rings is 1. The van der Waals surface area contributed by atoms with Crippen molar-refractivity contribution >= 4 is 5.91 Å². The van der Waals surface area contributed by atoms with Crippen LogP contribution in [-0.2, 0) is 4.79 Å². The number of nitrogens with zero attached hydrogens (tertiary/aromatic N) is 1. The number of amides is 1. The predicted octanol–water partition coefficient (Wildman–Crippen LogP) is 0.748. The van der Waals surface area contributed by atoms with Crippen LogP contribution in [0.2, 0.25) is 0 Å². The van der Waals surface area contributed by atoms with Gasteiger partial charge in [-0.25, -0.2) is 0 Å². The quantitative estimate of drug-likeness (QED) is 0.649. The second-order valence-corrected chi connectivity index (χ2v) is 4.39. The van der Waals surface area contributed by atoms with E-state index in [2.05, 4.69) is 5.32 Å². The second kappa shape index (κ2) is 3.29. The van der Waals surface area contributed by atoms with Gasteiger partial charge in [-0.1, -0.05) is 0 Å². The Bertz CT molecular complexity index is 205. The third kappa shape index (κ3) is 1.70. The monoisotopic (exact) mass is 182 g/mol. The van der Waals surface area contributed by atoms with Crippen molar-refractivity contribution in [3.63, 3.8) is 0 Å². The molecule has 0 radical (unpaired) electrons. The van der Waals surface area contributed by atoms with Gasteiger partial charge in [-0.3, -0.25) is 4.79 Å². The van der Waals surface area contributed by atoms with E-state index in [0.29, 0.717) is 18.1 Å². The summed E-state index contributed by atoms with van der Waals surface area (Å²) in [5, 5.41) is 3.58. The normalized spacial score (nSPS) is 37.5. The summed E-state index contributed by atoms with van der Waals surface area (Å²) in [4.78, 5) is 13.1. The lowest BCUT2D eigenvalue weighted by molar-refractivity contribution is -0.130. The number of carbonyl (C=O) groups excluding carboxylic acids is 1. The predicted molar refractivity (Wildman–Crippen MR) is 51.4 cm³/mol. The van der Waals surface area contributed by atoms with E-state index in [4.69, 9.17) is 0 Å². The Morgan fingerprint density at radius 2 is 1.85 bits per heavy atom. The molecule has 3 heteroatoms. The van der Waals surface area contributed by atoms with Crippen molar-refractivity contribution < 1.29 is 4.79 Å². The fourth-order valence-corrected chi connectivity index (χ4v) is 2.60. The van der Waals surface area contributed by atoms with Crippen molar-refractivity contribution in [2.24, 2.45) is 0 Å². The average Bonchev–Trinajstić information content (AvgIpc) is 2.44. The van der Waals surface area contributed by atoms with E-state index in [0.717, 1.165) is 12.8 Å². The molecule has 2 saturated heterocycles. The van der Waals surface area contributed by atoms with Crippen LogP contribution in [0.15, 0.2) is 0 Å². The van der Waals surface area contributed by atoms with Crippen LogP contribution < -0.4 is 5.32 Å². The molecule has 0 saturated carbocycles. The lowest BCUT2D eigenvalue weighted by atomic mass is 9.98. The molecule has 1 N–H and O–H groups in total. The Balaban J connectivity index is 1.98. The molecule has 13 heavy (non-hydrogen) atoms. The van der Waals surface area contributed by atoms with Crippen molar-refractivity contribution in [2.75, 3.05) is 7.05 Å². The number of hydrogen-bond donors (Lipinski definition) is 1. The Kier molecular flexibility index (Phi) is 2.28. The van der Waals surface area contributed by atoms with Crippen LogP contribution in [0.4, 0.5) is 0 Å². The molecule has 0 aromatic carbocycles. The van der Waals surface area contributed by atoms with Crippen molar-refractivity contribution in [1.29, 1.82) is 0 Å². The average molecular weight is 182 g/mol. The fourth-order valence-electron chi connectivity index (χ4n) is 2.60. The van der Waals surface area contributed by atoms with Gasteiger partial charge in [-0.05, 0) is 25.7 Å². The summed E-state index contributed by atoms with van der Waals surface area (Å²) in [6.07, 6.45) is 4.89. The number of rotatable bonds is 1. The molecule has 2 aliphatic heterocycles. The van der Waals surface area contributed by atoms with Crippen LogP contribution in [0, 0.1) is 0 Å². The molecule has 0 aromatic heterocycles. The van der Waals surface area contributed by atoms with E-state index in [-0.39, 0.29) is 5.91 Å². The number of carbonyl (C=O) groups is 1. The van der Waals surface area contributed by atoms with E-state index in [1.807, 2.05) is 11.9 Å². The first-order valence-corrected chi connectivity index (χ1v) is 5.16. The van der Waals surface area contributed by atoms with Crippen molar-refractivity contribution in [1.82, 2.24) is 10.2 Å². The Labute approximate surface area is 79.5 Å². The third-order valence-electron chi connectivity index (χ3n) is 3.49. The van der Waals surface area contributed by atoms with Gasteiger partial charge in [0.1, 0.15) is 0 Å². The van der Waals surface area contributed by atoms with E-state index < -0.39 is 0 Å². The van der Waals surface area contributed by atoms with Gasteiger partial charge in [0.25, 0.3) is 0 Å². The highest BCUT2D eigenvalue weighted by atomic mass is 16.2. The van der Waals surface area contributed by atoms with E-state index in [1.165, 1.54) is 12.8 Å². The Morgan fingerprint density at radius 1 is 1.31 bits per heavy atom. The van der Waals surface area contributed by atoms with E-state index in [1.54, 1.807) is 6.92 Å². The van der Waals surface area contributed by atoms with Crippen LogP contribution in [0.3, 0.4) is 0 Å². The van der Waals surface area contributed by atoms with Crippen LogP contribution in [0.25, 0.3) is 0 Å². The number of nitrogens with one attached hydrogen (secondary N) is 1. The lowest BCUT2D eigenvalue weighted by Crippen LogP contribution is -2.48. The van der Waals surface area contributed by atoms with Crippen LogP contribution in [0.1, 0.15) is 32.6 Å². The summed E-state index contributed by atoms with van der Waals surface area (Å²) in [6.45, 7) is 1.66. The zero-order chi connectivity index (χ0) is 9.42. The third-order valence-corrected chi connectivity index (χ3v) is 3.49. The molecule has 3 nitrogen and oxygen atoms in total. The van der Waals surface area contributed by atoms with Crippen molar-refractivity contribution in [2.45, 2.75) is 50.7 Å². The van der Waals surface area contributed by atoms with Gasteiger partial charge in [0, 0.05) is 32.1 Å². The van der Waals surface area contributed by atoms with Crippen molar-refractivity contribution in [3.05, 3.63) is 0 Å². The molecule has 2 unspecified atom stereocenters. The summed E-state index contributed by atoms with van der Waals surface area (Å²) >= 11 is 0. The first-order valence-electron chi connectivity index (χ1n) is 5.16. The maximum absolute atomic E-state index is 11.2. The Morgan fingerprint density at radius 3 is 2.31 bits per heavy atom. The van der Waals surface area contributed by atoms with Gasteiger partial charge in [0.2, 0.25) is 5.91 Å². The van der Waals surface area contributed by atoms with Crippen molar-refractivity contribution in [3.8, 4) is 0 Å². The molecule has 0 aliphatic carbocycles. The van der Waals surface area contributed by atoms with Gasteiger partial charge >= 0.3 is 0 Å². The minimum atomic E-state index is 0.200. The molecule has 1 amide bonds. The SMILES string of the molecule is CC(=O)N(C)C1CC2CCC(C1)N2. The summed E-state index contributed by atoms with van der Waals surface area (Å²) in [7, 11) is 1.93. The molecule has 0 spiro atoms. The van der Waals surface area contributed by atoms with Gasteiger partial charge in [0.05, 0.1) is 0 Å². The van der Waals surface area contributed by atoms with Gasteiger partial charge in [0.15, 0.2) is 0 Å². The summed E-state index contributed by atoms with van der Waals surface area (Å²) in [6, 6.07) is 1.83. The smallest absolute Gasteiger partial charge is 0.219 e. The second-order valence-electron chi connectivity index (χ2n) is 4.39. The van der Waals surface area contributed by atoms with Crippen LogP contribution >= 0.6 is 0 Å². The standard InChI is InChI=1S/C10H18N2O/c1-7(13)12(2)10-5-8-3-4-9(6-10)11-8/h8-11H,3-6H2,1-2H3. The molecular weight excluding hydrogens is 164 g/mol.